The van der Waals surface area contributed by atoms with Crippen LogP contribution in [-0.2, 0) is 10.0 Å². The lowest BCUT2D eigenvalue weighted by atomic mass is 10.2. The Balaban J connectivity index is 2.00. The van der Waals surface area contributed by atoms with Gasteiger partial charge in [-0.1, -0.05) is 18.2 Å². The molecule has 1 heterocycles. The van der Waals surface area contributed by atoms with E-state index in [1.54, 1.807) is 5.38 Å². The second-order valence-corrected chi connectivity index (χ2v) is 7.12. The lowest BCUT2D eigenvalue weighted by Crippen LogP contribution is -2.11. The average molecular weight is 352 g/mol. The van der Waals surface area contributed by atoms with Gasteiger partial charge >= 0.3 is 0 Å². The van der Waals surface area contributed by atoms with Crippen LogP contribution in [0.3, 0.4) is 0 Å². The molecule has 23 heavy (non-hydrogen) atoms. The van der Waals surface area contributed by atoms with Crippen molar-refractivity contribution >= 4 is 21.4 Å². The number of thiazole rings is 1. The normalized spacial score (nSPS) is 11.6. The Hall–Kier alpha value is -2.16. The first kappa shape index (κ1) is 15.7. The number of halogens is 2. The second kappa shape index (κ2) is 5.80. The molecule has 2 N–H and O–H groups in total. The van der Waals surface area contributed by atoms with E-state index >= 15 is 0 Å². The largest absolute Gasteiger partial charge is 0.238 e. The van der Waals surface area contributed by atoms with Gasteiger partial charge in [0.15, 0.2) is 0 Å². The van der Waals surface area contributed by atoms with E-state index in [2.05, 4.69) is 4.98 Å². The molecule has 4 nitrogen and oxygen atoms in total. The number of rotatable bonds is 3. The van der Waals surface area contributed by atoms with Crippen LogP contribution in [-0.4, -0.2) is 13.4 Å². The quantitative estimate of drug-likeness (QED) is 0.785. The lowest BCUT2D eigenvalue weighted by Gasteiger charge is -2.01. The third-order valence-corrected chi connectivity index (χ3v) is 4.95. The fourth-order valence-corrected chi connectivity index (χ4v) is 3.43. The van der Waals surface area contributed by atoms with Crippen molar-refractivity contribution in [2.45, 2.75) is 4.90 Å². The van der Waals surface area contributed by atoms with Gasteiger partial charge in [-0.05, 0) is 24.3 Å². The van der Waals surface area contributed by atoms with Gasteiger partial charge in [0.05, 0.1) is 16.2 Å². The fraction of sp³-hybridized carbons (Fsp3) is 0. The van der Waals surface area contributed by atoms with Gasteiger partial charge in [-0.25, -0.2) is 27.3 Å². The first-order valence-electron chi connectivity index (χ1n) is 6.39. The number of benzene rings is 2. The number of hydrogen-bond donors (Lipinski definition) is 1. The molecule has 0 amide bonds. The molecular weight excluding hydrogens is 342 g/mol. The Labute approximate surface area is 135 Å². The Kier molecular flexibility index (Phi) is 3.97. The van der Waals surface area contributed by atoms with Crippen molar-refractivity contribution in [1.82, 2.24) is 4.98 Å². The molecule has 1 aromatic heterocycles. The second-order valence-electron chi connectivity index (χ2n) is 4.70. The summed E-state index contributed by atoms with van der Waals surface area (Å²) in [6.07, 6.45) is 0. The van der Waals surface area contributed by atoms with Gasteiger partial charge in [-0.3, -0.25) is 0 Å². The maximum Gasteiger partial charge on any atom is 0.238 e. The molecule has 118 valence electrons. The van der Waals surface area contributed by atoms with E-state index in [0.29, 0.717) is 11.3 Å². The van der Waals surface area contributed by atoms with Crippen molar-refractivity contribution in [1.29, 1.82) is 0 Å². The van der Waals surface area contributed by atoms with Gasteiger partial charge in [0.2, 0.25) is 10.0 Å². The predicted octanol–water partition coefficient (Wildman–Crippen LogP) is 3.40. The average Bonchev–Trinajstić information content (AvgIpc) is 2.96. The van der Waals surface area contributed by atoms with Gasteiger partial charge < -0.3 is 0 Å². The van der Waals surface area contributed by atoms with Crippen molar-refractivity contribution in [3.8, 4) is 21.8 Å². The van der Waals surface area contributed by atoms with Crippen LogP contribution in [0.5, 0.6) is 0 Å². The molecule has 0 aliphatic heterocycles. The monoisotopic (exact) mass is 352 g/mol. The molecule has 3 rings (SSSR count). The Bertz CT molecular complexity index is 947. The summed E-state index contributed by atoms with van der Waals surface area (Å²) in [5.74, 6) is -1.37. The first-order chi connectivity index (χ1) is 10.9. The maximum atomic E-state index is 13.8. The summed E-state index contributed by atoms with van der Waals surface area (Å²) in [6, 6.07) is 9.41. The van der Waals surface area contributed by atoms with E-state index in [1.807, 2.05) is 0 Å². The molecule has 8 heteroatoms. The molecule has 0 atom stereocenters. The molecule has 0 saturated carbocycles. The van der Waals surface area contributed by atoms with E-state index in [1.165, 1.54) is 42.5 Å². The van der Waals surface area contributed by atoms with Crippen molar-refractivity contribution < 1.29 is 17.2 Å². The number of nitrogens with zero attached hydrogens (tertiary/aromatic N) is 1. The highest BCUT2D eigenvalue weighted by Gasteiger charge is 2.15. The third-order valence-electron chi connectivity index (χ3n) is 3.16. The van der Waals surface area contributed by atoms with Crippen molar-refractivity contribution in [2.24, 2.45) is 5.14 Å². The Morgan fingerprint density at radius 2 is 1.61 bits per heavy atom. The van der Waals surface area contributed by atoms with E-state index in [0.717, 1.165) is 11.3 Å². The molecule has 0 fully saturated rings. The summed E-state index contributed by atoms with van der Waals surface area (Å²) >= 11 is 1.10. The molecule has 0 aliphatic carbocycles. The van der Waals surface area contributed by atoms with Crippen molar-refractivity contribution in [3.63, 3.8) is 0 Å². The van der Waals surface area contributed by atoms with Crippen LogP contribution >= 0.6 is 11.3 Å². The van der Waals surface area contributed by atoms with E-state index in [9.17, 15) is 17.2 Å². The van der Waals surface area contributed by atoms with Crippen LogP contribution in [0.1, 0.15) is 0 Å². The van der Waals surface area contributed by atoms with E-state index in [-0.39, 0.29) is 15.5 Å². The molecular formula is C15H10F2N2O2S2. The van der Waals surface area contributed by atoms with E-state index in [4.69, 9.17) is 5.14 Å². The van der Waals surface area contributed by atoms with Crippen LogP contribution in [0.15, 0.2) is 52.7 Å². The molecule has 0 radical (unpaired) electrons. The zero-order valence-electron chi connectivity index (χ0n) is 11.5. The smallest absolute Gasteiger partial charge is 0.236 e. The summed E-state index contributed by atoms with van der Waals surface area (Å²) in [7, 11) is -3.77. The van der Waals surface area contributed by atoms with Gasteiger partial charge in [-0.15, -0.1) is 11.3 Å². The summed E-state index contributed by atoms with van der Waals surface area (Å²) in [4.78, 5) is 4.21. The molecule has 2 aromatic carbocycles. The number of nitrogens with two attached hydrogens (primary N) is 1. The van der Waals surface area contributed by atoms with Crippen LogP contribution in [0.2, 0.25) is 0 Å². The highest BCUT2D eigenvalue weighted by Crippen LogP contribution is 2.32. The van der Waals surface area contributed by atoms with Crippen LogP contribution in [0.4, 0.5) is 8.78 Å². The van der Waals surface area contributed by atoms with Crippen LogP contribution < -0.4 is 5.14 Å². The van der Waals surface area contributed by atoms with Gasteiger partial charge in [-0.2, -0.15) is 0 Å². The summed E-state index contributed by atoms with van der Waals surface area (Å²) in [5, 5.41) is 6.89. The molecule has 0 saturated heterocycles. The number of hydrogen-bond acceptors (Lipinski definition) is 4. The number of primary sulfonamides is 1. The number of sulfonamides is 1. The maximum absolute atomic E-state index is 13.8. The van der Waals surface area contributed by atoms with Crippen LogP contribution in [0.25, 0.3) is 21.8 Å². The lowest BCUT2D eigenvalue weighted by molar-refractivity contribution is 0.589. The van der Waals surface area contributed by atoms with Crippen molar-refractivity contribution in [3.05, 3.63) is 59.5 Å². The molecule has 0 unspecified atom stereocenters. The molecule has 0 aliphatic rings. The minimum absolute atomic E-state index is 0.0168. The summed E-state index contributed by atoms with van der Waals surface area (Å²) < 4.78 is 50.0. The van der Waals surface area contributed by atoms with Gasteiger partial charge in [0.25, 0.3) is 0 Å². The first-order valence-corrected chi connectivity index (χ1v) is 8.82. The topological polar surface area (TPSA) is 73.1 Å². The SMILES string of the molecule is NS(=O)(=O)c1ccc(-c2csc(-c3c(F)cccc3F)n2)cc1. The highest BCUT2D eigenvalue weighted by molar-refractivity contribution is 7.89. The molecule has 0 spiro atoms. The third kappa shape index (κ3) is 3.14. The fourth-order valence-electron chi connectivity index (χ4n) is 2.04. The van der Waals surface area contributed by atoms with E-state index < -0.39 is 21.7 Å². The van der Waals surface area contributed by atoms with Crippen LogP contribution in [0, 0.1) is 11.6 Å². The zero-order valence-corrected chi connectivity index (χ0v) is 13.2. The van der Waals surface area contributed by atoms with Gasteiger partial charge in [0.1, 0.15) is 16.6 Å². The highest BCUT2D eigenvalue weighted by atomic mass is 32.2. The summed E-state index contributed by atoms with van der Waals surface area (Å²) in [6.45, 7) is 0. The molecule has 0 bridgehead atoms. The Morgan fingerprint density at radius 1 is 1.00 bits per heavy atom. The van der Waals surface area contributed by atoms with Crippen molar-refractivity contribution in [2.75, 3.05) is 0 Å². The standard InChI is InChI=1S/C15H10F2N2O2S2/c16-11-2-1-3-12(17)14(11)15-19-13(8-22-15)9-4-6-10(7-5-9)23(18,20)21/h1-8H,(H2,18,20,21). The van der Waals surface area contributed by atoms with Gasteiger partial charge in [0, 0.05) is 10.9 Å². The minimum Gasteiger partial charge on any atom is -0.236 e. The summed E-state index contributed by atoms with van der Waals surface area (Å²) in [5.41, 5.74) is 0.940. The Morgan fingerprint density at radius 3 is 2.17 bits per heavy atom. The number of aromatic nitrogens is 1. The minimum atomic E-state index is -3.77. The predicted molar refractivity (Wildman–Crippen MR) is 84.3 cm³/mol. The zero-order chi connectivity index (χ0) is 16.6. The molecule has 3 aromatic rings.